The minimum Gasteiger partial charge on any atom is -0.452 e. The molecule has 31 heavy (non-hydrogen) atoms. The van der Waals surface area contributed by atoms with E-state index in [0.717, 1.165) is 0 Å². The molecule has 0 aromatic heterocycles. The number of rotatable bonds is 5. The first-order chi connectivity index (χ1) is 14.7. The van der Waals surface area contributed by atoms with Crippen molar-refractivity contribution < 1.29 is 27.5 Å². The highest BCUT2D eigenvalue weighted by Gasteiger charge is 2.36. The number of likely N-dealkylation sites (tertiary alicyclic amines) is 1. The molecule has 2 heterocycles. The fourth-order valence-electron chi connectivity index (χ4n) is 3.95. The lowest BCUT2D eigenvalue weighted by molar-refractivity contribution is -0.163. The van der Waals surface area contributed by atoms with Gasteiger partial charge in [0.2, 0.25) is 0 Å². The average molecular weight is 452 g/mol. The largest absolute Gasteiger partial charge is 0.452 e. The third kappa shape index (κ3) is 5.96. The Kier molecular flexibility index (Phi) is 7.19. The van der Waals surface area contributed by atoms with Crippen LogP contribution in [0, 0.1) is 5.92 Å². The van der Waals surface area contributed by atoms with Crippen LogP contribution >= 0.6 is 0 Å². The molecule has 3 amide bonds. The number of esters is 1. The molecule has 0 saturated carbocycles. The number of nitrogens with zero attached hydrogens (tertiary/aromatic N) is 2. The van der Waals surface area contributed by atoms with E-state index in [1.807, 2.05) is 18.2 Å². The van der Waals surface area contributed by atoms with Gasteiger partial charge >= 0.3 is 12.0 Å². The van der Waals surface area contributed by atoms with E-state index in [4.69, 9.17) is 4.74 Å². The van der Waals surface area contributed by atoms with Crippen molar-refractivity contribution in [3.63, 3.8) is 0 Å². The van der Waals surface area contributed by atoms with E-state index in [1.54, 1.807) is 17.0 Å². The van der Waals surface area contributed by atoms with Gasteiger partial charge in [-0.2, -0.15) is 0 Å². The standard InChI is InChI=1S/C21H29N3O6S/c1-15(19(25)23(2)18-10-12-31(28,29)14-18)30-20(26)16-7-6-11-24(13-16)21(27)22-17-8-4-3-5-9-17/h3-5,8-9,15-16,18H,6-7,10-14H2,1-2H3,(H,22,27). The molecule has 2 fully saturated rings. The topological polar surface area (TPSA) is 113 Å². The zero-order chi connectivity index (χ0) is 22.6. The summed E-state index contributed by atoms with van der Waals surface area (Å²) in [6.07, 6.45) is 0.601. The van der Waals surface area contributed by atoms with Gasteiger partial charge in [-0.15, -0.1) is 0 Å². The lowest BCUT2D eigenvalue weighted by Gasteiger charge is -2.32. The molecule has 3 unspecified atom stereocenters. The van der Waals surface area contributed by atoms with Crippen LogP contribution < -0.4 is 5.32 Å². The molecule has 2 aliphatic heterocycles. The van der Waals surface area contributed by atoms with Crippen LogP contribution in [0.1, 0.15) is 26.2 Å². The van der Waals surface area contributed by atoms with Crippen molar-refractivity contribution >= 4 is 33.4 Å². The highest BCUT2D eigenvalue weighted by molar-refractivity contribution is 7.91. The van der Waals surface area contributed by atoms with E-state index in [-0.39, 0.29) is 24.1 Å². The number of urea groups is 1. The van der Waals surface area contributed by atoms with Crippen LogP contribution in [0.25, 0.3) is 0 Å². The lowest BCUT2D eigenvalue weighted by Crippen LogP contribution is -2.47. The Labute approximate surface area is 182 Å². The zero-order valence-corrected chi connectivity index (χ0v) is 18.6. The maximum Gasteiger partial charge on any atom is 0.321 e. The summed E-state index contributed by atoms with van der Waals surface area (Å²) >= 11 is 0. The molecule has 1 N–H and O–H groups in total. The molecular formula is C21H29N3O6S. The number of ether oxygens (including phenoxy) is 1. The number of carbonyl (C=O) groups is 3. The van der Waals surface area contributed by atoms with E-state index in [2.05, 4.69) is 5.32 Å². The second-order valence-corrected chi connectivity index (χ2v) is 10.4. The Hall–Kier alpha value is -2.62. The number of likely N-dealkylation sites (N-methyl/N-ethyl adjacent to an activating group) is 1. The normalized spacial score (nSPS) is 23.6. The highest BCUT2D eigenvalue weighted by Crippen LogP contribution is 2.21. The third-order valence-corrected chi connectivity index (χ3v) is 7.56. The molecule has 0 bridgehead atoms. The first-order valence-electron chi connectivity index (χ1n) is 10.4. The van der Waals surface area contributed by atoms with Gasteiger partial charge in [0.15, 0.2) is 15.9 Å². The number of piperidine rings is 1. The molecular weight excluding hydrogens is 422 g/mol. The van der Waals surface area contributed by atoms with Crippen LogP contribution in [0.5, 0.6) is 0 Å². The summed E-state index contributed by atoms with van der Waals surface area (Å²) in [5.41, 5.74) is 0.674. The number of amides is 3. The lowest BCUT2D eigenvalue weighted by atomic mass is 9.98. The second kappa shape index (κ2) is 9.67. The predicted octanol–water partition coefficient (Wildman–Crippen LogP) is 1.51. The van der Waals surface area contributed by atoms with Crippen molar-refractivity contribution in [1.82, 2.24) is 9.80 Å². The molecule has 1 aromatic rings. The first kappa shape index (κ1) is 23.1. The summed E-state index contributed by atoms with van der Waals surface area (Å²) in [4.78, 5) is 40.7. The Balaban J connectivity index is 1.52. The summed E-state index contributed by atoms with van der Waals surface area (Å²) in [5.74, 6) is -1.46. The van der Waals surface area contributed by atoms with E-state index in [0.29, 0.717) is 31.5 Å². The van der Waals surface area contributed by atoms with Crippen molar-refractivity contribution in [2.24, 2.45) is 5.92 Å². The van der Waals surface area contributed by atoms with Gasteiger partial charge in [-0.25, -0.2) is 13.2 Å². The summed E-state index contributed by atoms with van der Waals surface area (Å²) < 4.78 is 28.7. The maximum atomic E-state index is 12.6. The van der Waals surface area contributed by atoms with E-state index < -0.39 is 39.8 Å². The summed E-state index contributed by atoms with van der Waals surface area (Å²) in [6.45, 7) is 2.24. The van der Waals surface area contributed by atoms with Crippen molar-refractivity contribution in [3.05, 3.63) is 30.3 Å². The third-order valence-electron chi connectivity index (χ3n) is 5.81. The summed E-state index contributed by atoms with van der Waals surface area (Å²) in [6, 6.07) is 8.39. The number of nitrogens with one attached hydrogen (secondary N) is 1. The summed E-state index contributed by atoms with van der Waals surface area (Å²) in [5, 5.41) is 2.81. The molecule has 2 aliphatic rings. The van der Waals surface area contributed by atoms with Gasteiger partial charge in [-0.05, 0) is 38.3 Å². The zero-order valence-electron chi connectivity index (χ0n) is 17.8. The van der Waals surface area contributed by atoms with Crippen molar-refractivity contribution in [2.75, 3.05) is 37.0 Å². The molecule has 0 radical (unpaired) electrons. The van der Waals surface area contributed by atoms with Crippen LogP contribution in [-0.4, -0.2) is 79.9 Å². The first-order valence-corrected chi connectivity index (χ1v) is 12.3. The fourth-order valence-corrected chi connectivity index (χ4v) is 5.72. The molecule has 3 rings (SSSR count). The molecule has 1 aromatic carbocycles. The quantitative estimate of drug-likeness (QED) is 0.679. The number of carbonyl (C=O) groups excluding carboxylic acids is 3. The molecule has 2 saturated heterocycles. The van der Waals surface area contributed by atoms with Crippen LogP contribution in [0.4, 0.5) is 10.5 Å². The molecule has 10 heteroatoms. The minimum absolute atomic E-state index is 0.0619. The predicted molar refractivity (Wildman–Crippen MR) is 115 cm³/mol. The van der Waals surface area contributed by atoms with Gasteiger partial charge in [-0.1, -0.05) is 18.2 Å². The van der Waals surface area contributed by atoms with E-state index in [9.17, 15) is 22.8 Å². The Bertz CT molecular complexity index is 920. The van der Waals surface area contributed by atoms with Crippen molar-refractivity contribution in [1.29, 1.82) is 0 Å². The molecule has 170 valence electrons. The van der Waals surface area contributed by atoms with Gasteiger partial charge in [0.1, 0.15) is 0 Å². The van der Waals surface area contributed by atoms with Crippen LogP contribution in [0.15, 0.2) is 30.3 Å². The smallest absolute Gasteiger partial charge is 0.321 e. The van der Waals surface area contributed by atoms with Gasteiger partial charge in [0, 0.05) is 31.9 Å². The Morgan fingerprint density at radius 3 is 2.55 bits per heavy atom. The van der Waals surface area contributed by atoms with Crippen LogP contribution in [0.3, 0.4) is 0 Å². The van der Waals surface area contributed by atoms with Crippen LogP contribution in [-0.2, 0) is 24.2 Å². The number of hydrogen-bond donors (Lipinski definition) is 1. The van der Waals surface area contributed by atoms with Crippen molar-refractivity contribution in [3.8, 4) is 0 Å². The SMILES string of the molecule is CC(OC(=O)C1CCCN(C(=O)Nc2ccccc2)C1)C(=O)N(C)C1CCS(=O)(=O)C1. The number of hydrogen-bond acceptors (Lipinski definition) is 6. The maximum absolute atomic E-state index is 12.6. The number of benzene rings is 1. The molecule has 0 aliphatic carbocycles. The number of anilines is 1. The highest BCUT2D eigenvalue weighted by atomic mass is 32.2. The molecule has 3 atom stereocenters. The monoisotopic (exact) mass is 451 g/mol. The second-order valence-electron chi connectivity index (χ2n) is 8.17. The Morgan fingerprint density at radius 1 is 1.19 bits per heavy atom. The van der Waals surface area contributed by atoms with Gasteiger partial charge < -0.3 is 19.9 Å². The van der Waals surface area contributed by atoms with Gasteiger partial charge in [0.25, 0.3) is 5.91 Å². The van der Waals surface area contributed by atoms with E-state index >= 15 is 0 Å². The number of para-hydroxylation sites is 1. The van der Waals surface area contributed by atoms with E-state index in [1.165, 1.54) is 18.9 Å². The van der Waals surface area contributed by atoms with Crippen LogP contribution in [0.2, 0.25) is 0 Å². The number of sulfone groups is 1. The fraction of sp³-hybridized carbons (Fsp3) is 0.571. The van der Waals surface area contributed by atoms with Gasteiger partial charge in [-0.3, -0.25) is 9.59 Å². The Morgan fingerprint density at radius 2 is 1.90 bits per heavy atom. The molecule has 9 nitrogen and oxygen atoms in total. The van der Waals surface area contributed by atoms with Crippen molar-refractivity contribution in [2.45, 2.75) is 38.3 Å². The van der Waals surface area contributed by atoms with Gasteiger partial charge in [0.05, 0.1) is 17.4 Å². The minimum atomic E-state index is -3.12. The summed E-state index contributed by atoms with van der Waals surface area (Å²) in [7, 11) is -1.59. The molecule has 0 spiro atoms. The average Bonchev–Trinajstić information content (AvgIpc) is 3.13.